The minimum Gasteiger partial charge on any atom is -0.614 e. The third kappa shape index (κ3) is 1.25. The Labute approximate surface area is 51.3 Å². The van der Waals surface area contributed by atoms with Crippen LogP contribution in [0.4, 0.5) is 0 Å². The second-order valence-electron chi connectivity index (χ2n) is 1.39. The van der Waals surface area contributed by atoms with Gasteiger partial charge in [0.05, 0.1) is 0 Å². The molecule has 0 bridgehead atoms. The first kappa shape index (κ1) is 5.75. The SMILES string of the molecule is [O-][S+]1CCNC1S. The van der Waals surface area contributed by atoms with E-state index in [2.05, 4.69) is 17.9 Å². The van der Waals surface area contributed by atoms with Crippen molar-refractivity contribution in [3.8, 4) is 0 Å². The van der Waals surface area contributed by atoms with Crippen LogP contribution in [0.3, 0.4) is 0 Å². The molecule has 0 aromatic heterocycles. The van der Waals surface area contributed by atoms with Crippen molar-refractivity contribution in [3.05, 3.63) is 0 Å². The molecule has 1 aliphatic rings. The van der Waals surface area contributed by atoms with E-state index in [4.69, 9.17) is 0 Å². The van der Waals surface area contributed by atoms with Crippen molar-refractivity contribution < 1.29 is 4.55 Å². The van der Waals surface area contributed by atoms with E-state index in [1.165, 1.54) is 0 Å². The van der Waals surface area contributed by atoms with E-state index in [0.717, 1.165) is 12.3 Å². The Bertz CT molecular complexity index is 62.0. The average molecular weight is 137 g/mol. The van der Waals surface area contributed by atoms with Gasteiger partial charge in [0.25, 0.3) is 0 Å². The zero-order chi connectivity index (χ0) is 5.28. The third-order valence-corrected chi connectivity index (χ3v) is 3.03. The summed E-state index contributed by atoms with van der Waals surface area (Å²) in [5.74, 6) is 0.758. The van der Waals surface area contributed by atoms with Gasteiger partial charge in [-0.15, -0.1) is 12.6 Å². The lowest BCUT2D eigenvalue weighted by molar-refractivity contribution is 0.598. The van der Waals surface area contributed by atoms with Crippen LogP contribution < -0.4 is 5.32 Å². The van der Waals surface area contributed by atoms with Gasteiger partial charge in [-0.05, 0) is 11.2 Å². The van der Waals surface area contributed by atoms with Gasteiger partial charge >= 0.3 is 0 Å². The Balaban J connectivity index is 2.33. The van der Waals surface area contributed by atoms with Crippen LogP contribution in [0.15, 0.2) is 0 Å². The normalized spacial score (nSPS) is 42.0. The molecule has 0 aliphatic carbocycles. The second kappa shape index (κ2) is 2.26. The summed E-state index contributed by atoms with van der Waals surface area (Å²) in [6, 6.07) is 0. The Morgan fingerprint density at radius 2 is 2.57 bits per heavy atom. The van der Waals surface area contributed by atoms with Gasteiger partial charge < -0.3 is 4.55 Å². The van der Waals surface area contributed by atoms with Gasteiger partial charge in [-0.1, -0.05) is 0 Å². The molecule has 2 unspecified atom stereocenters. The van der Waals surface area contributed by atoms with Crippen molar-refractivity contribution in [2.24, 2.45) is 0 Å². The van der Waals surface area contributed by atoms with E-state index in [-0.39, 0.29) is 4.71 Å². The standard InChI is InChI=1S/C3H7NOS2/c5-7-2-1-4-3(7)6/h3-4,6H,1-2H2. The molecule has 0 aromatic rings. The quantitative estimate of drug-likeness (QED) is 0.350. The molecule has 1 fully saturated rings. The lowest BCUT2D eigenvalue weighted by Crippen LogP contribution is -2.19. The predicted octanol–water partition coefficient (Wildman–Crippen LogP) is -0.448. The van der Waals surface area contributed by atoms with Crippen molar-refractivity contribution in [1.29, 1.82) is 0 Å². The van der Waals surface area contributed by atoms with Gasteiger partial charge in [0.1, 0.15) is 5.75 Å². The van der Waals surface area contributed by atoms with Crippen molar-refractivity contribution >= 4 is 23.8 Å². The molecule has 7 heavy (non-hydrogen) atoms. The monoisotopic (exact) mass is 137 g/mol. The van der Waals surface area contributed by atoms with E-state index >= 15 is 0 Å². The maximum atomic E-state index is 10.5. The summed E-state index contributed by atoms with van der Waals surface area (Å²) >= 11 is 3.26. The molecule has 0 amide bonds. The maximum absolute atomic E-state index is 10.5. The van der Waals surface area contributed by atoms with Crippen molar-refractivity contribution in [2.75, 3.05) is 12.3 Å². The van der Waals surface area contributed by atoms with Crippen LogP contribution >= 0.6 is 12.6 Å². The molecule has 1 N–H and O–H groups in total. The first-order chi connectivity index (χ1) is 3.30. The summed E-state index contributed by atoms with van der Waals surface area (Å²) in [6.07, 6.45) is 0. The first-order valence-corrected chi connectivity index (χ1v) is 3.99. The molecule has 0 saturated carbocycles. The van der Waals surface area contributed by atoms with Gasteiger partial charge in [0.2, 0.25) is 4.71 Å². The van der Waals surface area contributed by atoms with E-state index in [9.17, 15) is 4.55 Å². The second-order valence-corrected chi connectivity index (χ2v) is 3.90. The van der Waals surface area contributed by atoms with Gasteiger partial charge in [-0.2, -0.15) is 0 Å². The van der Waals surface area contributed by atoms with Crippen LogP contribution in [-0.4, -0.2) is 21.6 Å². The Morgan fingerprint density at radius 3 is 2.71 bits per heavy atom. The smallest absolute Gasteiger partial charge is 0.211 e. The molecular weight excluding hydrogens is 130 g/mol. The van der Waals surface area contributed by atoms with Crippen LogP contribution in [0, 0.1) is 0 Å². The molecule has 0 radical (unpaired) electrons. The zero-order valence-electron chi connectivity index (χ0n) is 3.76. The number of nitrogens with one attached hydrogen (secondary N) is 1. The van der Waals surface area contributed by atoms with Crippen molar-refractivity contribution in [1.82, 2.24) is 5.32 Å². The van der Waals surface area contributed by atoms with Gasteiger partial charge in [-0.3, -0.25) is 5.32 Å². The highest BCUT2D eigenvalue weighted by atomic mass is 32.2. The number of hydrogen-bond donors (Lipinski definition) is 2. The highest BCUT2D eigenvalue weighted by molar-refractivity contribution is 8.05. The summed E-state index contributed by atoms with van der Waals surface area (Å²) in [4.78, 5) is 0. The van der Waals surface area contributed by atoms with Gasteiger partial charge in [0.15, 0.2) is 0 Å². The number of hydrogen-bond acceptors (Lipinski definition) is 3. The Hall–Kier alpha value is 0.620. The summed E-state index contributed by atoms with van der Waals surface area (Å²) < 4.78 is 10.5. The topological polar surface area (TPSA) is 35.1 Å². The summed E-state index contributed by atoms with van der Waals surface area (Å²) in [5.41, 5.74) is 0. The number of rotatable bonds is 0. The Kier molecular flexibility index (Phi) is 1.86. The van der Waals surface area contributed by atoms with Crippen molar-refractivity contribution in [2.45, 2.75) is 4.71 Å². The van der Waals surface area contributed by atoms with E-state index in [1.807, 2.05) is 0 Å². The highest BCUT2D eigenvalue weighted by Gasteiger charge is 2.23. The summed E-state index contributed by atoms with van der Waals surface area (Å²) in [7, 11) is 0. The lowest BCUT2D eigenvalue weighted by atomic mass is 10.8. The molecule has 4 heteroatoms. The van der Waals surface area contributed by atoms with Crippen LogP contribution in [0.2, 0.25) is 0 Å². The highest BCUT2D eigenvalue weighted by Crippen LogP contribution is 2.07. The van der Waals surface area contributed by atoms with Crippen LogP contribution in [-0.2, 0) is 11.2 Å². The summed E-state index contributed by atoms with van der Waals surface area (Å²) in [5, 5.41) is 2.93. The van der Waals surface area contributed by atoms with E-state index in [0.29, 0.717) is 0 Å². The molecule has 0 spiro atoms. The van der Waals surface area contributed by atoms with Gasteiger partial charge in [-0.25, -0.2) is 0 Å². The fourth-order valence-electron chi connectivity index (χ4n) is 0.488. The molecule has 42 valence electrons. The van der Waals surface area contributed by atoms with E-state index in [1.54, 1.807) is 0 Å². The zero-order valence-corrected chi connectivity index (χ0v) is 5.47. The van der Waals surface area contributed by atoms with Crippen molar-refractivity contribution in [3.63, 3.8) is 0 Å². The van der Waals surface area contributed by atoms with Crippen LogP contribution in [0.5, 0.6) is 0 Å². The molecule has 1 aliphatic heterocycles. The maximum Gasteiger partial charge on any atom is 0.211 e. The predicted molar refractivity (Wildman–Crippen MR) is 33.8 cm³/mol. The minimum atomic E-state index is -0.715. The summed E-state index contributed by atoms with van der Waals surface area (Å²) in [6.45, 7) is 0.848. The molecule has 2 atom stereocenters. The van der Waals surface area contributed by atoms with Gasteiger partial charge in [0, 0.05) is 6.54 Å². The fourth-order valence-corrected chi connectivity index (χ4v) is 1.78. The largest absolute Gasteiger partial charge is 0.614 e. The van der Waals surface area contributed by atoms with Crippen LogP contribution in [0.25, 0.3) is 0 Å². The fraction of sp³-hybridized carbons (Fsp3) is 1.00. The molecule has 1 heterocycles. The molecular formula is C3H7NOS2. The molecule has 1 rings (SSSR count). The number of thiol groups is 1. The van der Waals surface area contributed by atoms with E-state index < -0.39 is 11.2 Å². The minimum absolute atomic E-state index is 0.0694. The molecule has 1 saturated heterocycles. The Morgan fingerprint density at radius 1 is 1.86 bits per heavy atom. The third-order valence-electron chi connectivity index (χ3n) is 0.871. The molecule has 0 aromatic carbocycles. The first-order valence-electron chi connectivity index (χ1n) is 2.09. The lowest BCUT2D eigenvalue weighted by Gasteiger charge is -2.04. The molecule has 2 nitrogen and oxygen atoms in total. The average Bonchev–Trinajstić information content (AvgIpc) is 1.91. The van der Waals surface area contributed by atoms with Crippen LogP contribution in [0.1, 0.15) is 0 Å².